The molecule has 0 unspecified atom stereocenters. The summed E-state index contributed by atoms with van der Waals surface area (Å²) in [6.07, 6.45) is 2.95. The topological polar surface area (TPSA) is 18.5 Å². The first-order valence-corrected chi connectivity index (χ1v) is 11.2. The van der Waals surface area contributed by atoms with Gasteiger partial charge in [-0.25, -0.2) is 0 Å². The summed E-state index contributed by atoms with van der Waals surface area (Å²) < 4.78 is 11.8. The molecule has 2 aromatic carbocycles. The molecule has 0 radical (unpaired) electrons. The van der Waals surface area contributed by atoms with E-state index in [2.05, 4.69) is 98.4 Å². The first kappa shape index (κ1) is 24.1. The van der Waals surface area contributed by atoms with Crippen molar-refractivity contribution in [3.8, 4) is 5.75 Å². The van der Waals surface area contributed by atoms with E-state index in [9.17, 15) is 0 Å². The Kier molecular flexibility index (Phi) is 7.45. The molecule has 2 aromatic rings. The van der Waals surface area contributed by atoms with Gasteiger partial charge in [0.15, 0.2) is 0 Å². The molecule has 0 aliphatic rings. The maximum Gasteiger partial charge on any atom is 0.277 e. The van der Waals surface area contributed by atoms with Gasteiger partial charge >= 0.3 is 0 Å². The van der Waals surface area contributed by atoms with Crippen LogP contribution in [0.2, 0.25) is 0 Å². The normalized spacial score (nSPS) is 12.5. The van der Waals surface area contributed by atoms with Gasteiger partial charge in [0.1, 0.15) is 11.4 Å². The predicted octanol–water partition coefficient (Wildman–Crippen LogP) is 8.15. The Balaban J connectivity index is 2.14. The molecule has 0 spiro atoms. The van der Waals surface area contributed by atoms with Crippen molar-refractivity contribution in [3.63, 3.8) is 0 Å². The fraction of sp³-hybridized carbons (Fsp3) is 0.500. The Bertz CT molecular complexity index is 822. The van der Waals surface area contributed by atoms with Crippen molar-refractivity contribution in [2.24, 2.45) is 0 Å². The second-order valence-corrected chi connectivity index (χ2v) is 9.70. The van der Waals surface area contributed by atoms with Crippen LogP contribution >= 0.6 is 0 Å². The summed E-state index contributed by atoms with van der Waals surface area (Å²) in [4.78, 5) is 0. The highest BCUT2D eigenvalue weighted by Crippen LogP contribution is 2.35. The highest BCUT2D eigenvalue weighted by molar-refractivity contribution is 5.41. The van der Waals surface area contributed by atoms with E-state index in [1.807, 2.05) is 12.1 Å². The molecular weight excluding hydrogens is 368 g/mol. The molecule has 0 aliphatic carbocycles. The van der Waals surface area contributed by atoms with Crippen LogP contribution in [0, 0.1) is 0 Å². The molecule has 0 amide bonds. The highest BCUT2D eigenvalue weighted by Gasteiger charge is 2.25. The van der Waals surface area contributed by atoms with Crippen LogP contribution in [0.4, 0.5) is 0 Å². The van der Waals surface area contributed by atoms with Crippen LogP contribution in [0.1, 0.15) is 91.3 Å². The van der Waals surface area contributed by atoms with Gasteiger partial charge in [0.2, 0.25) is 0 Å². The molecular formula is C28H40O2. The highest BCUT2D eigenvalue weighted by atomic mass is 16.7. The van der Waals surface area contributed by atoms with E-state index in [1.54, 1.807) is 0 Å². The molecule has 2 rings (SSSR count). The fourth-order valence-corrected chi connectivity index (χ4v) is 3.47. The average Bonchev–Trinajstić information content (AvgIpc) is 2.74. The van der Waals surface area contributed by atoms with E-state index >= 15 is 0 Å². The third-order valence-electron chi connectivity index (χ3n) is 6.94. The van der Waals surface area contributed by atoms with E-state index in [0.29, 0.717) is 5.95 Å². The standard InChI is InChI=1S/C28H40O2/c1-10-26(5,6)22-13-15-23(16-14-22)27(7,8)24-17-19-25(20-18-24)29-21(4)30-28(9,11-2)12-3/h13-20H,4,10-12H2,1-3,5-9H3. The van der Waals surface area contributed by atoms with Crippen molar-refractivity contribution >= 4 is 0 Å². The Morgan fingerprint density at radius 3 is 1.57 bits per heavy atom. The zero-order chi connectivity index (χ0) is 22.6. The number of benzene rings is 2. The number of rotatable bonds is 10. The molecule has 30 heavy (non-hydrogen) atoms. The van der Waals surface area contributed by atoms with Crippen LogP contribution in [0.5, 0.6) is 5.75 Å². The molecule has 0 fully saturated rings. The van der Waals surface area contributed by atoms with Gasteiger partial charge in [-0.3, -0.25) is 0 Å². The smallest absolute Gasteiger partial charge is 0.277 e. The Labute approximate surface area is 184 Å². The van der Waals surface area contributed by atoms with Crippen LogP contribution in [0.3, 0.4) is 0 Å². The first-order valence-electron chi connectivity index (χ1n) is 11.2. The van der Waals surface area contributed by atoms with Crippen LogP contribution < -0.4 is 4.74 Å². The van der Waals surface area contributed by atoms with Crippen LogP contribution in [-0.2, 0) is 15.6 Å². The second-order valence-electron chi connectivity index (χ2n) is 9.70. The van der Waals surface area contributed by atoms with Gasteiger partial charge in [-0.05, 0) is 67.0 Å². The molecule has 0 aliphatic heterocycles. The third kappa shape index (κ3) is 5.47. The zero-order valence-corrected chi connectivity index (χ0v) is 20.3. The molecule has 0 bridgehead atoms. The lowest BCUT2D eigenvalue weighted by Crippen LogP contribution is -2.27. The summed E-state index contributed by atoms with van der Waals surface area (Å²) in [7, 11) is 0. The summed E-state index contributed by atoms with van der Waals surface area (Å²) in [5.41, 5.74) is 3.81. The van der Waals surface area contributed by atoms with Crippen molar-refractivity contribution in [1.82, 2.24) is 0 Å². The molecule has 0 heterocycles. The average molecular weight is 409 g/mol. The number of hydrogen-bond acceptors (Lipinski definition) is 2. The Morgan fingerprint density at radius 2 is 1.13 bits per heavy atom. The molecule has 2 nitrogen and oxygen atoms in total. The third-order valence-corrected chi connectivity index (χ3v) is 6.94. The van der Waals surface area contributed by atoms with Gasteiger partial charge in [0.25, 0.3) is 5.95 Å². The van der Waals surface area contributed by atoms with Crippen molar-refractivity contribution in [2.45, 2.75) is 91.1 Å². The lowest BCUT2D eigenvalue weighted by atomic mass is 9.76. The lowest BCUT2D eigenvalue weighted by molar-refractivity contribution is -0.0354. The molecule has 0 saturated carbocycles. The summed E-state index contributed by atoms with van der Waals surface area (Å²) in [6.45, 7) is 21.6. The number of ether oxygens (including phenoxy) is 2. The Morgan fingerprint density at radius 1 is 0.700 bits per heavy atom. The number of hydrogen-bond donors (Lipinski definition) is 0. The van der Waals surface area contributed by atoms with Gasteiger partial charge in [-0.2, -0.15) is 0 Å². The summed E-state index contributed by atoms with van der Waals surface area (Å²) in [5.74, 6) is 1.09. The van der Waals surface area contributed by atoms with E-state index in [0.717, 1.165) is 25.0 Å². The maximum atomic E-state index is 5.94. The van der Waals surface area contributed by atoms with Gasteiger partial charge in [0, 0.05) is 5.41 Å². The van der Waals surface area contributed by atoms with E-state index in [1.165, 1.54) is 16.7 Å². The van der Waals surface area contributed by atoms with E-state index < -0.39 is 0 Å². The minimum Gasteiger partial charge on any atom is -0.459 e. The second kappa shape index (κ2) is 9.29. The largest absolute Gasteiger partial charge is 0.459 e. The molecule has 2 heteroatoms. The summed E-state index contributed by atoms with van der Waals surface area (Å²) in [6, 6.07) is 17.3. The van der Waals surface area contributed by atoms with Crippen LogP contribution in [0.15, 0.2) is 61.1 Å². The summed E-state index contributed by atoms with van der Waals surface area (Å²) in [5, 5.41) is 0. The molecule has 0 atom stereocenters. The predicted molar refractivity (Wildman–Crippen MR) is 128 cm³/mol. The Hall–Kier alpha value is -2.22. The van der Waals surface area contributed by atoms with Crippen LogP contribution in [-0.4, -0.2) is 5.60 Å². The van der Waals surface area contributed by atoms with E-state index in [4.69, 9.17) is 9.47 Å². The van der Waals surface area contributed by atoms with Gasteiger partial charge in [0.05, 0.1) is 0 Å². The van der Waals surface area contributed by atoms with Crippen molar-refractivity contribution in [2.75, 3.05) is 0 Å². The SMILES string of the molecule is C=C(Oc1ccc(C(C)(C)c2ccc(C(C)(C)CC)cc2)cc1)OC(C)(CC)CC. The lowest BCUT2D eigenvalue weighted by Gasteiger charge is -2.29. The molecule has 0 saturated heterocycles. The first-order chi connectivity index (χ1) is 14.0. The molecule has 0 aromatic heterocycles. The monoisotopic (exact) mass is 408 g/mol. The fourth-order valence-electron chi connectivity index (χ4n) is 3.47. The van der Waals surface area contributed by atoms with Crippen molar-refractivity contribution in [1.29, 1.82) is 0 Å². The minimum absolute atomic E-state index is 0.0933. The van der Waals surface area contributed by atoms with Crippen molar-refractivity contribution < 1.29 is 9.47 Å². The van der Waals surface area contributed by atoms with Gasteiger partial charge in [-0.15, -0.1) is 0 Å². The molecule has 164 valence electrons. The van der Waals surface area contributed by atoms with Gasteiger partial charge in [-0.1, -0.05) is 84.9 Å². The van der Waals surface area contributed by atoms with Crippen LogP contribution in [0.25, 0.3) is 0 Å². The maximum absolute atomic E-state index is 5.94. The van der Waals surface area contributed by atoms with Gasteiger partial charge < -0.3 is 9.47 Å². The zero-order valence-electron chi connectivity index (χ0n) is 20.3. The van der Waals surface area contributed by atoms with E-state index in [-0.39, 0.29) is 16.4 Å². The molecule has 0 N–H and O–H groups in total. The quantitative estimate of drug-likeness (QED) is 0.369. The minimum atomic E-state index is -0.239. The van der Waals surface area contributed by atoms with Crippen molar-refractivity contribution in [3.05, 3.63) is 77.7 Å². The summed E-state index contributed by atoms with van der Waals surface area (Å²) >= 11 is 0.